The summed E-state index contributed by atoms with van der Waals surface area (Å²) in [5.41, 5.74) is 5.69. The number of carbonyl (C=O) groups is 2. The quantitative estimate of drug-likeness (QED) is 0.692. The first-order chi connectivity index (χ1) is 8.88. The molecule has 0 spiro atoms. The molecule has 1 aromatic heterocycles. The molecule has 0 aliphatic rings. The number of hydrogen-bond donors (Lipinski definition) is 3. The molecular weight excluding hydrogens is 248 g/mol. The van der Waals surface area contributed by atoms with Gasteiger partial charge in [0.15, 0.2) is 5.82 Å². The van der Waals surface area contributed by atoms with E-state index in [1.807, 2.05) is 13.8 Å². The van der Waals surface area contributed by atoms with Crippen LogP contribution in [0.25, 0.3) is 0 Å². The van der Waals surface area contributed by atoms with E-state index >= 15 is 0 Å². The second-order valence-electron chi connectivity index (χ2n) is 4.82. The summed E-state index contributed by atoms with van der Waals surface area (Å²) >= 11 is 0. The molecule has 0 fully saturated rings. The Balaban J connectivity index is 2.32. The lowest BCUT2D eigenvalue weighted by molar-refractivity contribution is -0.125. The monoisotopic (exact) mass is 268 g/mol. The number of amides is 2. The molecule has 0 unspecified atom stereocenters. The Morgan fingerprint density at radius 2 is 2.16 bits per heavy atom. The fraction of sp³-hybridized carbons (Fsp3) is 0.583. The molecule has 1 atom stereocenters. The van der Waals surface area contributed by atoms with E-state index in [4.69, 9.17) is 10.3 Å². The first kappa shape index (κ1) is 15.2. The standard InChI is InChI=1S/C12H20N4O3/c1-7(2)4-9(13)12(18)14-6-11(17)15-10-5-8(3)19-16-10/h5,7,9H,4,6,13H2,1-3H3,(H,14,18)(H,15,16,17)/t9-/m0/s1. The van der Waals surface area contributed by atoms with Gasteiger partial charge in [-0.15, -0.1) is 0 Å². The van der Waals surface area contributed by atoms with Crippen LogP contribution in [0.4, 0.5) is 5.82 Å². The Kier molecular flexibility index (Phi) is 5.50. The highest BCUT2D eigenvalue weighted by molar-refractivity contribution is 5.94. The third-order valence-corrected chi connectivity index (χ3v) is 2.38. The van der Waals surface area contributed by atoms with Gasteiger partial charge in [0.1, 0.15) is 5.76 Å². The molecule has 4 N–H and O–H groups in total. The molecule has 106 valence electrons. The van der Waals surface area contributed by atoms with E-state index in [-0.39, 0.29) is 18.4 Å². The fourth-order valence-electron chi connectivity index (χ4n) is 1.53. The minimum Gasteiger partial charge on any atom is -0.360 e. The first-order valence-corrected chi connectivity index (χ1v) is 6.15. The zero-order chi connectivity index (χ0) is 14.4. The van der Waals surface area contributed by atoms with Gasteiger partial charge in [0.2, 0.25) is 11.8 Å². The number of nitrogens with one attached hydrogen (secondary N) is 2. The summed E-state index contributed by atoms with van der Waals surface area (Å²) in [5, 5.41) is 8.59. The van der Waals surface area contributed by atoms with Crippen LogP contribution in [0.15, 0.2) is 10.6 Å². The Hall–Kier alpha value is -1.89. The number of nitrogens with two attached hydrogens (primary N) is 1. The lowest BCUT2D eigenvalue weighted by atomic mass is 10.0. The average Bonchev–Trinajstić information content (AvgIpc) is 2.70. The second kappa shape index (κ2) is 6.89. The molecule has 0 aliphatic heterocycles. The van der Waals surface area contributed by atoms with Gasteiger partial charge in [0.05, 0.1) is 12.6 Å². The number of nitrogens with zero attached hydrogens (tertiary/aromatic N) is 1. The zero-order valence-corrected chi connectivity index (χ0v) is 11.4. The summed E-state index contributed by atoms with van der Waals surface area (Å²) in [4.78, 5) is 23.1. The minimum absolute atomic E-state index is 0.142. The number of aryl methyl sites for hydroxylation is 1. The molecule has 7 nitrogen and oxygen atoms in total. The molecule has 2 amide bonds. The maximum absolute atomic E-state index is 11.6. The first-order valence-electron chi connectivity index (χ1n) is 6.15. The molecule has 0 saturated heterocycles. The molecule has 1 aromatic rings. The maximum atomic E-state index is 11.6. The molecule has 19 heavy (non-hydrogen) atoms. The molecule has 7 heteroatoms. The molecule has 0 radical (unpaired) electrons. The molecule has 0 saturated carbocycles. The third kappa shape index (κ3) is 5.52. The van der Waals surface area contributed by atoms with Gasteiger partial charge >= 0.3 is 0 Å². The van der Waals surface area contributed by atoms with Gasteiger partial charge in [-0.05, 0) is 19.3 Å². The minimum atomic E-state index is -0.595. The zero-order valence-electron chi connectivity index (χ0n) is 11.4. The van der Waals surface area contributed by atoms with Crippen molar-refractivity contribution >= 4 is 17.6 Å². The Morgan fingerprint density at radius 1 is 1.47 bits per heavy atom. The van der Waals surface area contributed by atoms with E-state index < -0.39 is 6.04 Å². The van der Waals surface area contributed by atoms with E-state index in [2.05, 4.69) is 15.8 Å². The predicted molar refractivity (Wildman–Crippen MR) is 70.3 cm³/mol. The van der Waals surface area contributed by atoms with Gasteiger partial charge in [0, 0.05) is 6.07 Å². The molecule has 1 heterocycles. The number of aromatic nitrogens is 1. The van der Waals surface area contributed by atoms with Crippen molar-refractivity contribution in [3.63, 3.8) is 0 Å². The number of anilines is 1. The number of carbonyl (C=O) groups excluding carboxylic acids is 2. The summed E-state index contributed by atoms with van der Waals surface area (Å²) in [6, 6.07) is 0.992. The largest absolute Gasteiger partial charge is 0.360 e. The van der Waals surface area contributed by atoms with Crippen LogP contribution in [0.1, 0.15) is 26.0 Å². The highest BCUT2D eigenvalue weighted by atomic mass is 16.5. The van der Waals surface area contributed by atoms with Crippen LogP contribution in [0.2, 0.25) is 0 Å². The molecule has 0 aromatic carbocycles. The maximum Gasteiger partial charge on any atom is 0.245 e. The second-order valence-corrected chi connectivity index (χ2v) is 4.82. The van der Waals surface area contributed by atoms with Crippen molar-refractivity contribution < 1.29 is 14.1 Å². The van der Waals surface area contributed by atoms with E-state index in [1.165, 1.54) is 0 Å². The lowest BCUT2D eigenvalue weighted by Gasteiger charge is -2.13. The average molecular weight is 268 g/mol. The van der Waals surface area contributed by atoms with Crippen molar-refractivity contribution in [1.29, 1.82) is 0 Å². The summed E-state index contributed by atoms with van der Waals surface area (Å²) < 4.78 is 4.80. The summed E-state index contributed by atoms with van der Waals surface area (Å²) in [7, 11) is 0. The summed E-state index contributed by atoms with van der Waals surface area (Å²) in [6.07, 6.45) is 0.579. The van der Waals surface area contributed by atoms with Crippen molar-refractivity contribution in [3.8, 4) is 0 Å². The van der Waals surface area contributed by atoms with Crippen LogP contribution >= 0.6 is 0 Å². The Morgan fingerprint density at radius 3 is 2.68 bits per heavy atom. The molecular formula is C12H20N4O3. The van der Waals surface area contributed by atoms with E-state index in [0.717, 1.165) is 0 Å². The van der Waals surface area contributed by atoms with Crippen molar-refractivity contribution in [2.45, 2.75) is 33.2 Å². The smallest absolute Gasteiger partial charge is 0.245 e. The van der Waals surface area contributed by atoms with Crippen LogP contribution in [0.3, 0.4) is 0 Å². The number of hydrogen-bond acceptors (Lipinski definition) is 5. The van der Waals surface area contributed by atoms with Crippen molar-refractivity contribution in [3.05, 3.63) is 11.8 Å². The Labute approximate surface area is 111 Å². The van der Waals surface area contributed by atoms with E-state index in [0.29, 0.717) is 23.9 Å². The van der Waals surface area contributed by atoms with Gasteiger partial charge in [-0.25, -0.2) is 0 Å². The van der Waals surface area contributed by atoms with Crippen molar-refractivity contribution in [2.24, 2.45) is 11.7 Å². The fourth-order valence-corrected chi connectivity index (χ4v) is 1.53. The van der Waals surface area contributed by atoms with Crippen LogP contribution in [0.5, 0.6) is 0 Å². The third-order valence-electron chi connectivity index (χ3n) is 2.38. The van der Waals surface area contributed by atoms with Gasteiger partial charge in [0.25, 0.3) is 0 Å². The van der Waals surface area contributed by atoms with Crippen LogP contribution in [0, 0.1) is 12.8 Å². The van der Waals surface area contributed by atoms with Gasteiger partial charge in [-0.2, -0.15) is 0 Å². The van der Waals surface area contributed by atoms with Gasteiger partial charge in [-0.1, -0.05) is 19.0 Å². The van der Waals surface area contributed by atoms with Crippen LogP contribution < -0.4 is 16.4 Å². The topological polar surface area (TPSA) is 110 Å². The summed E-state index contributed by atoms with van der Waals surface area (Å²) in [6.45, 7) is 5.53. The van der Waals surface area contributed by atoms with Gasteiger partial charge in [-0.3, -0.25) is 9.59 Å². The molecule has 0 bridgehead atoms. The van der Waals surface area contributed by atoms with E-state index in [1.54, 1.807) is 13.0 Å². The number of rotatable bonds is 6. The normalized spacial score (nSPS) is 12.3. The highest BCUT2D eigenvalue weighted by Gasteiger charge is 2.15. The van der Waals surface area contributed by atoms with E-state index in [9.17, 15) is 9.59 Å². The molecule has 0 aliphatic carbocycles. The SMILES string of the molecule is Cc1cc(NC(=O)CNC(=O)[C@@H](N)CC(C)C)no1. The molecule has 1 rings (SSSR count). The van der Waals surface area contributed by atoms with Gasteiger partial charge < -0.3 is 20.9 Å². The van der Waals surface area contributed by atoms with Crippen LogP contribution in [-0.2, 0) is 9.59 Å². The van der Waals surface area contributed by atoms with Crippen molar-refractivity contribution in [1.82, 2.24) is 10.5 Å². The predicted octanol–water partition coefficient (Wildman–Crippen LogP) is 0.411. The van der Waals surface area contributed by atoms with Crippen molar-refractivity contribution in [2.75, 3.05) is 11.9 Å². The summed E-state index contributed by atoms with van der Waals surface area (Å²) in [5.74, 6) is 0.535. The highest BCUT2D eigenvalue weighted by Crippen LogP contribution is 2.06. The van der Waals surface area contributed by atoms with Crippen LogP contribution in [-0.4, -0.2) is 29.6 Å². The Bertz CT molecular complexity index is 442. The lowest BCUT2D eigenvalue weighted by Crippen LogP contribution is -2.44.